The first-order chi connectivity index (χ1) is 9.33. The van der Waals surface area contributed by atoms with E-state index in [0.29, 0.717) is 18.3 Å². The number of benzene rings is 1. The van der Waals surface area contributed by atoms with E-state index in [0.717, 1.165) is 37.0 Å². The molecule has 0 amide bonds. The summed E-state index contributed by atoms with van der Waals surface area (Å²) < 4.78 is 10.9. The molecular weight excluding hydrogens is 242 g/mol. The first-order valence-corrected chi connectivity index (χ1v) is 6.46. The summed E-state index contributed by atoms with van der Waals surface area (Å²) in [6, 6.07) is 7.96. The Balaban J connectivity index is 1.93. The van der Waals surface area contributed by atoms with E-state index >= 15 is 0 Å². The predicted molar refractivity (Wildman–Crippen MR) is 72.1 cm³/mol. The van der Waals surface area contributed by atoms with Crippen molar-refractivity contribution < 1.29 is 9.15 Å². The van der Waals surface area contributed by atoms with E-state index in [-0.39, 0.29) is 0 Å². The molecule has 102 valence electrons. The number of para-hydroxylation sites is 1. The number of methoxy groups -OCH3 is 1. The maximum atomic E-state index is 5.56. The van der Waals surface area contributed by atoms with Gasteiger partial charge in [-0.15, -0.1) is 10.2 Å². The highest BCUT2D eigenvalue weighted by Gasteiger charge is 2.08. The van der Waals surface area contributed by atoms with E-state index in [2.05, 4.69) is 10.2 Å². The molecule has 1 heterocycles. The third-order valence-corrected chi connectivity index (χ3v) is 2.90. The molecule has 0 fully saturated rings. The molecule has 2 aromatic rings. The molecule has 1 aromatic heterocycles. The van der Waals surface area contributed by atoms with Gasteiger partial charge in [0.25, 0.3) is 0 Å². The largest absolute Gasteiger partial charge is 0.496 e. The average molecular weight is 261 g/mol. The van der Waals surface area contributed by atoms with Crippen LogP contribution in [-0.2, 0) is 19.3 Å². The zero-order valence-electron chi connectivity index (χ0n) is 11.1. The van der Waals surface area contributed by atoms with Crippen molar-refractivity contribution in [3.8, 4) is 5.75 Å². The van der Waals surface area contributed by atoms with Crippen molar-refractivity contribution in [2.24, 2.45) is 5.73 Å². The van der Waals surface area contributed by atoms with Crippen molar-refractivity contribution in [3.05, 3.63) is 41.6 Å². The fraction of sp³-hybridized carbons (Fsp3) is 0.429. The Morgan fingerprint density at radius 2 is 1.84 bits per heavy atom. The molecule has 5 heteroatoms. The minimum Gasteiger partial charge on any atom is -0.496 e. The number of rotatable bonds is 7. The van der Waals surface area contributed by atoms with Crippen LogP contribution in [0.5, 0.6) is 5.75 Å². The van der Waals surface area contributed by atoms with Crippen molar-refractivity contribution in [1.82, 2.24) is 10.2 Å². The van der Waals surface area contributed by atoms with Crippen molar-refractivity contribution in [1.29, 1.82) is 0 Å². The second-order valence-corrected chi connectivity index (χ2v) is 4.29. The Morgan fingerprint density at radius 3 is 2.58 bits per heavy atom. The third-order valence-electron chi connectivity index (χ3n) is 2.90. The molecule has 2 rings (SSSR count). The normalized spacial score (nSPS) is 10.6. The van der Waals surface area contributed by atoms with Gasteiger partial charge in [0.05, 0.1) is 7.11 Å². The molecule has 1 aromatic carbocycles. The van der Waals surface area contributed by atoms with E-state index in [1.807, 2.05) is 24.3 Å². The summed E-state index contributed by atoms with van der Waals surface area (Å²) in [6.07, 6.45) is 3.16. The lowest BCUT2D eigenvalue weighted by molar-refractivity contribution is 0.407. The van der Waals surface area contributed by atoms with E-state index in [1.54, 1.807) is 7.11 Å². The van der Waals surface area contributed by atoms with E-state index in [9.17, 15) is 0 Å². The van der Waals surface area contributed by atoms with Crippen molar-refractivity contribution in [2.75, 3.05) is 13.7 Å². The minimum absolute atomic E-state index is 0.638. The molecule has 0 radical (unpaired) electrons. The molecule has 19 heavy (non-hydrogen) atoms. The van der Waals surface area contributed by atoms with Crippen molar-refractivity contribution >= 4 is 0 Å². The summed E-state index contributed by atoms with van der Waals surface area (Å²) in [4.78, 5) is 0. The van der Waals surface area contributed by atoms with E-state index < -0.39 is 0 Å². The van der Waals surface area contributed by atoms with Gasteiger partial charge in [-0.05, 0) is 31.0 Å². The van der Waals surface area contributed by atoms with Gasteiger partial charge in [-0.1, -0.05) is 18.2 Å². The SMILES string of the molecule is COc1ccccc1CCc1nnc(CCCN)o1. The highest BCUT2D eigenvalue weighted by Crippen LogP contribution is 2.19. The molecule has 0 aliphatic heterocycles. The Kier molecular flexibility index (Phi) is 4.92. The maximum Gasteiger partial charge on any atom is 0.216 e. The Hall–Kier alpha value is -1.88. The lowest BCUT2D eigenvalue weighted by Crippen LogP contribution is -2.00. The molecule has 0 atom stereocenters. The van der Waals surface area contributed by atoms with E-state index in [4.69, 9.17) is 14.9 Å². The highest BCUT2D eigenvalue weighted by molar-refractivity contribution is 5.33. The fourth-order valence-electron chi connectivity index (χ4n) is 1.89. The summed E-state index contributed by atoms with van der Waals surface area (Å²) in [5.74, 6) is 2.23. The van der Waals surface area contributed by atoms with Crippen LogP contribution in [0.4, 0.5) is 0 Å². The van der Waals surface area contributed by atoms with Crippen LogP contribution < -0.4 is 10.5 Å². The molecule has 0 unspecified atom stereocenters. The summed E-state index contributed by atoms with van der Waals surface area (Å²) in [6.45, 7) is 0.638. The topological polar surface area (TPSA) is 74.2 Å². The van der Waals surface area contributed by atoms with Gasteiger partial charge in [-0.2, -0.15) is 0 Å². The molecule has 0 saturated carbocycles. The van der Waals surface area contributed by atoms with Gasteiger partial charge < -0.3 is 14.9 Å². The number of hydrogen-bond donors (Lipinski definition) is 1. The Bertz CT molecular complexity index is 511. The Morgan fingerprint density at radius 1 is 1.11 bits per heavy atom. The smallest absolute Gasteiger partial charge is 0.216 e. The van der Waals surface area contributed by atoms with Crippen LogP contribution in [0.25, 0.3) is 0 Å². The molecule has 0 saturated heterocycles. The lowest BCUT2D eigenvalue weighted by atomic mass is 10.1. The lowest BCUT2D eigenvalue weighted by Gasteiger charge is -2.06. The van der Waals surface area contributed by atoms with E-state index in [1.165, 1.54) is 0 Å². The highest BCUT2D eigenvalue weighted by atomic mass is 16.5. The number of aromatic nitrogens is 2. The molecule has 0 aliphatic carbocycles. The zero-order chi connectivity index (χ0) is 13.5. The molecule has 5 nitrogen and oxygen atoms in total. The van der Waals surface area contributed by atoms with Gasteiger partial charge >= 0.3 is 0 Å². The number of aryl methyl sites for hydroxylation is 3. The van der Waals surface area contributed by atoms with Crippen LogP contribution in [0.2, 0.25) is 0 Å². The van der Waals surface area contributed by atoms with Crippen LogP contribution in [0.1, 0.15) is 23.8 Å². The summed E-state index contributed by atoms with van der Waals surface area (Å²) >= 11 is 0. The van der Waals surface area contributed by atoms with Crippen LogP contribution in [0, 0.1) is 0 Å². The van der Waals surface area contributed by atoms with Gasteiger partial charge in [0.1, 0.15) is 5.75 Å². The molecular formula is C14H19N3O2. The summed E-state index contributed by atoms with van der Waals surface area (Å²) in [5.41, 5.74) is 6.59. The third kappa shape index (κ3) is 3.79. The predicted octanol–water partition coefficient (Wildman–Crippen LogP) is 1.75. The second-order valence-electron chi connectivity index (χ2n) is 4.29. The first-order valence-electron chi connectivity index (χ1n) is 6.46. The molecule has 2 N–H and O–H groups in total. The molecule has 0 bridgehead atoms. The van der Waals surface area contributed by atoms with Gasteiger partial charge in [0.2, 0.25) is 11.8 Å². The molecule has 0 aliphatic rings. The minimum atomic E-state index is 0.638. The van der Waals surface area contributed by atoms with Crippen molar-refractivity contribution in [3.63, 3.8) is 0 Å². The number of ether oxygens (including phenoxy) is 1. The zero-order valence-corrected chi connectivity index (χ0v) is 11.1. The van der Waals surface area contributed by atoms with Gasteiger partial charge in [-0.3, -0.25) is 0 Å². The average Bonchev–Trinajstić information content (AvgIpc) is 2.91. The molecule has 0 spiro atoms. The van der Waals surface area contributed by atoms with Crippen LogP contribution >= 0.6 is 0 Å². The number of nitrogens with two attached hydrogens (primary N) is 1. The quantitative estimate of drug-likeness (QED) is 0.822. The number of nitrogens with zero attached hydrogens (tertiary/aromatic N) is 2. The summed E-state index contributed by atoms with van der Waals surface area (Å²) in [7, 11) is 1.68. The fourth-order valence-corrected chi connectivity index (χ4v) is 1.89. The maximum absolute atomic E-state index is 5.56. The van der Waals surface area contributed by atoms with Gasteiger partial charge in [-0.25, -0.2) is 0 Å². The first kappa shape index (κ1) is 13.5. The second kappa shape index (κ2) is 6.89. The van der Waals surface area contributed by atoms with Gasteiger partial charge in [0, 0.05) is 12.8 Å². The van der Waals surface area contributed by atoms with Crippen LogP contribution in [0.3, 0.4) is 0 Å². The van der Waals surface area contributed by atoms with Gasteiger partial charge in [0.15, 0.2) is 0 Å². The monoisotopic (exact) mass is 261 g/mol. The van der Waals surface area contributed by atoms with Crippen LogP contribution in [-0.4, -0.2) is 23.9 Å². The van der Waals surface area contributed by atoms with Crippen LogP contribution in [0.15, 0.2) is 28.7 Å². The van der Waals surface area contributed by atoms with Crippen molar-refractivity contribution in [2.45, 2.75) is 25.7 Å². The number of hydrogen-bond acceptors (Lipinski definition) is 5. The standard InChI is InChI=1S/C14H19N3O2/c1-18-12-6-3-2-5-11(12)8-9-14-17-16-13(19-14)7-4-10-15/h2-3,5-6H,4,7-10,15H2,1H3. The Labute approximate surface area is 112 Å². The summed E-state index contributed by atoms with van der Waals surface area (Å²) in [5, 5.41) is 8.05.